The number of nitrogens with one attached hydrogen (secondary N) is 1. The van der Waals surface area contributed by atoms with Gasteiger partial charge in [0.2, 0.25) is 5.91 Å². The van der Waals surface area contributed by atoms with Crippen molar-refractivity contribution in [3.8, 4) is 0 Å². The number of piperazine rings is 1. The number of hydrogen-bond acceptors (Lipinski definition) is 5. The lowest BCUT2D eigenvalue weighted by molar-refractivity contribution is -0.152. The van der Waals surface area contributed by atoms with Gasteiger partial charge in [-0.05, 0) is 55.0 Å². The van der Waals surface area contributed by atoms with E-state index in [9.17, 15) is 23.2 Å². The molecule has 8 nitrogen and oxygen atoms in total. The highest BCUT2D eigenvalue weighted by Crippen LogP contribution is 2.42. The van der Waals surface area contributed by atoms with E-state index in [4.69, 9.17) is 5.73 Å². The molecule has 2 atom stereocenters. The molecular formula is C25H29F2N5O3. The Balaban J connectivity index is 1.60. The second-order valence-corrected chi connectivity index (χ2v) is 9.57. The molecule has 1 saturated carbocycles. The van der Waals surface area contributed by atoms with Crippen LogP contribution in [0.5, 0.6) is 0 Å². The maximum absolute atomic E-state index is 14.1. The lowest BCUT2D eigenvalue weighted by Crippen LogP contribution is -2.59. The number of rotatable bonds is 4. The third-order valence-electron chi connectivity index (χ3n) is 6.52. The zero-order chi connectivity index (χ0) is 25.4. The standard InChI is InChI=1S/C25H29F2N5O3/c1-13(2)24(34)31-12-21(16-6-7-19(26)20(27)8-16)32(11-14(31)3)25(35)23(33)30-17-9-18(15-4-5-15)22(28)29-10-17/h6-10,13-15,21H,4-5,11-12H2,1-3H3,(H2,28,29)(H,30,33). The molecule has 2 aliphatic rings. The predicted molar refractivity (Wildman–Crippen MR) is 126 cm³/mol. The number of benzene rings is 1. The normalized spacial score (nSPS) is 20.2. The molecule has 2 fully saturated rings. The Hall–Kier alpha value is -3.56. The van der Waals surface area contributed by atoms with Crippen LogP contribution < -0.4 is 11.1 Å². The number of nitrogen functional groups attached to an aromatic ring is 1. The van der Waals surface area contributed by atoms with E-state index in [1.54, 1.807) is 31.7 Å². The van der Waals surface area contributed by atoms with Crippen molar-refractivity contribution in [3.05, 3.63) is 53.2 Å². The summed E-state index contributed by atoms with van der Waals surface area (Å²) >= 11 is 0. The summed E-state index contributed by atoms with van der Waals surface area (Å²) in [6, 6.07) is 3.86. The Morgan fingerprint density at radius 2 is 1.80 bits per heavy atom. The molecule has 4 rings (SSSR count). The number of aromatic nitrogens is 1. The van der Waals surface area contributed by atoms with Gasteiger partial charge in [-0.15, -0.1) is 0 Å². The lowest BCUT2D eigenvalue weighted by atomic mass is 9.97. The highest BCUT2D eigenvalue weighted by molar-refractivity contribution is 6.39. The quantitative estimate of drug-likeness (QED) is 0.647. The van der Waals surface area contributed by atoms with E-state index in [0.29, 0.717) is 23.0 Å². The summed E-state index contributed by atoms with van der Waals surface area (Å²) in [5.74, 6) is -3.52. The number of anilines is 2. The second kappa shape index (κ2) is 9.59. The minimum absolute atomic E-state index is 0.0531. The number of pyridine rings is 1. The summed E-state index contributed by atoms with van der Waals surface area (Å²) in [6.45, 7) is 5.43. The summed E-state index contributed by atoms with van der Waals surface area (Å²) in [5.41, 5.74) is 7.41. The van der Waals surface area contributed by atoms with Gasteiger partial charge in [0.25, 0.3) is 0 Å². The van der Waals surface area contributed by atoms with Crippen molar-refractivity contribution in [2.75, 3.05) is 24.1 Å². The van der Waals surface area contributed by atoms with E-state index in [0.717, 1.165) is 30.5 Å². The fraction of sp³-hybridized carbons (Fsp3) is 0.440. The highest BCUT2D eigenvalue weighted by atomic mass is 19.2. The van der Waals surface area contributed by atoms with Crippen LogP contribution >= 0.6 is 0 Å². The van der Waals surface area contributed by atoms with Gasteiger partial charge in [-0.2, -0.15) is 0 Å². The van der Waals surface area contributed by atoms with Crippen LogP contribution in [0.15, 0.2) is 30.5 Å². The average molecular weight is 486 g/mol. The van der Waals surface area contributed by atoms with Crippen LogP contribution in [0.25, 0.3) is 0 Å². The van der Waals surface area contributed by atoms with Crippen molar-refractivity contribution in [3.63, 3.8) is 0 Å². The van der Waals surface area contributed by atoms with Gasteiger partial charge in [-0.1, -0.05) is 19.9 Å². The second-order valence-electron chi connectivity index (χ2n) is 9.57. The topological polar surface area (TPSA) is 109 Å². The van der Waals surface area contributed by atoms with Crippen molar-refractivity contribution in [1.82, 2.24) is 14.8 Å². The summed E-state index contributed by atoms with van der Waals surface area (Å²) in [4.78, 5) is 46.0. The number of carbonyl (C=O) groups excluding carboxylic acids is 3. The molecule has 2 heterocycles. The van der Waals surface area contributed by atoms with Crippen LogP contribution in [0, 0.1) is 17.6 Å². The minimum Gasteiger partial charge on any atom is -0.383 e. The average Bonchev–Trinajstić information content (AvgIpc) is 3.66. The van der Waals surface area contributed by atoms with Crippen molar-refractivity contribution in [2.24, 2.45) is 5.92 Å². The predicted octanol–water partition coefficient (Wildman–Crippen LogP) is 3.21. The Bertz CT molecular complexity index is 1170. The monoisotopic (exact) mass is 485 g/mol. The van der Waals surface area contributed by atoms with Gasteiger partial charge in [0.05, 0.1) is 17.9 Å². The molecule has 2 unspecified atom stereocenters. The molecular weight excluding hydrogens is 456 g/mol. The zero-order valence-corrected chi connectivity index (χ0v) is 19.9. The molecule has 10 heteroatoms. The molecule has 35 heavy (non-hydrogen) atoms. The van der Waals surface area contributed by atoms with Gasteiger partial charge >= 0.3 is 11.8 Å². The van der Waals surface area contributed by atoms with Crippen molar-refractivity contribution < 1.29 is 23.2 Å². The third-order valence-corrected chi connectivity index (χ3v) is 6.52. The molecule has 1 aliphatic carbocycles. The molecule has 1 aromatic heterocycles. The van der Waals surface area contributed by atoms with E-state index < -0.39 is 29.5 Å². The SMILES string of the molecule is CC(C)C(=O)N1CC(c2ccc(F)c(F)c2)N(C(=O)C(=O)Nc2cnc(N)c(C3CC3)c2)CC1C. The highest BCUT2D eigenvalue weighted by Gasteiger charge is 2.40. The molecule has 0 radical (unpaired) electrons. The van der Waals surface area contributed by atoms with E-state index in [-0.39, 0.29) is 31.0 Å². The van der Waals surface area contributed by atoms with Gasteiger partial charge in [-0.3, -0.25) is 14.4 Å². The summed E-state index contributed by atoms with van der Waals surface area (Å²) in [5, 5.41) is 2.59. The van der Waals surface area contributed by atoms with Crippen molar-refractivity contribution >= 4 is 29.2 Å². The largest absolute Gasteiger partial charge is 0.383 e. The van der Waals surface area contributed by atoms with Crippen LogP contribution in [0.1, 0.15) is 56.7 Å². The Kier molecular flexibility index (Phi) is 6.73. The van der Waals surface area contributed by atoms with Gasteiger partial charge < -0.3 is 20.9 Å². The maximum atomic E-state index is 14.1. The first-order chi connectivity index (χ1) is 16.6. The first-order valence-corrected chi connectivity index (χ1v) is 11.7. The molecule has 1 saturated heterocycles. The summed E-state index contributed by atoms with van der Waals surface area (Å²) in [6.07, 6.45) is 3.38. The maximum Gasteiger partial charge on any atom is 0.313 e. The molecule has 1 aliphatic heterocycles. The fourth-order valence-electron chi connectivity index (χ4n) is 4.44. The number of hydrogen-bond donors (Lipinski definition) is 2. The minimum atomic E-state index is -1.07. The van der Waals surface area contributed by atoms with Gasteiger partial charge in [0.1, 0.15) is 5.82 Å². The van der Waals surface area contributed by atoms with Crippen LogP contribution in [0.3, 0.4) is 0 Å². The van der Waals surface area contributed by atoms with E-state index in [2.05, 4.69) is 10.3 Å². The van der Waals surface area contributed by atoms with Crippen LogP contribution in [-0.2, 0) is 14.4 Å². The summed E-state index contributed by atoms with van der Waals surface area (Å²) < 4.78 is 27.6. The molecule has 2 aromatic rings. The van der Waals surface area contributed by atoms with Crippen molar-refractivity contribution in [2.45, 2.75) is 51.6 Å². The van der Waals surface area contributed by atoms with Crippen LogP contribution in [-0.4, -0.2) is 51.6 Å². The Labute approximate surface area is 202 Å². The van der Waals surface area contributed by atoms with Crippen LogP contribution in [0.2, 0.25) is 0 Å². The molecule has 186 valence electrons. The number of amides is 3. The number of nitrogens with two attached hydrogens (primary N) is 1. The first-order valence-electron chi connectivity index (χ1n) is 11.7. The number of nitrogens with zero attached hydrogens (tertiary/aromatic N) is 3. The van der Waals surface area contributed by atoms with Gasteiger partial charge in [0, 0.05) is 25.0 Å². The van der Waals surface area contributed by atoms with Gasteiger partial charge in [-0.25, -0.2) is 13.8 Å². The fourth-order valence-corrected chi connectivity index (χ4v) is 4.44. The van der Waals surface area contributed by atoms with E-state index in [1.165, 1.54) is 17.2 Å². The molecule has 1 aromatic carbocycles. The Morgan fingerprint density at radius 3 is 2.43 bits per heavy atom. The van der Waals surface area contributed by atoms with Crippen molar-refractivity contribution in [1.29, 1.82) is 0 Å². The summed E-state index contributed by atoms with van der Waals surface area (Å²) in [7, 11) is 0. The molecule has 0 bridgehead atoms. The van der Waals surface area contributed by atoms with E-state index >= 15 is 0 Å². The number of halogens is 2. The van der Waals surface area contributed by atoms with Gasteiger partial charge in [0.15, 0.2) is 11.6 Å². The third kappa shape index (κ3) is 5.11. The zero-order valence-electron chi connectivity index (χ0n) is 19.9. The lowest BCUT2D eigenvalue weighted by Gasteiger charge is -2.45. The molecule has 0 spiro atoms. The smallest absolute Gasteiger partial charge is 0.313 e. The number of carbonyl (C=O) groups is 3. The van der Waals surface area contributed by atoms with Crippen LogP contribution in [0.4, 0.5) is 20.3 Å². The van der Waals surface area contributed by atoms with E-state index in [1.807, 2.05) is 0 Å². The first kappa shape index (κ1) is 24.6. The molecule has 3 amide bonds. The Morgan fingerprint density at radius 1 is 1.09 bits per heavy atom. The molecule has 3 N–H and O–H groups in total.